The summed E-state index contributed by atoms with van der Waals surface area (Å²) in [7, 11) is 0. The second-order valence-corrected chi connectivity index (χ2v) is 10.5. The molecule has 1 aromatic heterocycles. The van der Waals surface area contributed by atoms with E-state index in [0.717, 1.165) is 23.3 Å². The maximum Gasteiger partial charge on any atom is 0.234 e. The highest BCUT2D eigenvalue weighted by Crippen LogP contribution is 2.50. The van der Waals surface area contributed by atoms with E-state index in [1.54, 1.807) is 23.5 Å². The van der Waals surface area contributed by atoms with Crippen LogP contribution < -0.4 is 0 Å². The van der Waals surface area contributed by atoms with Crippen molar-refractivity contribution in [2.75, 3.05) is 6.61 Å². The molecule has 2 saturated heterocycles. The fourth-order valence-corrected chi connectivity index (χ4v) is 6.43. The minimum Gasteiger partial charge on any atom is -0.508 e. The van der Waals surface area contributed by atoms with Gasteiger partial charge in [-0.3, -0.25) is 14.5 Å². The molecule has 2 aliphatic heterocycles. The van der Waals surface area contributed by atoms with Gasteiger partial charge in [-0.2, -0.15) is 0 Å². The molecule has 3 heterocycles. The van der Waals surface area contributed by atoms with Gasteiger partial charge >= 0.3 is 0 Å². The zero-order chi connectivity index (χ0) is 23.1. The van der Waals surface area contributed by atoms with Crippen LogP contribution in [0.5, 0.6) is 5.75 Å². The second-order valence-electron chi connectivity index (χ2n) is 9.47. The Morgan fingerprint density at radius 2 is 2.06 bits per heavy atom. The van der Waals surface area contributed by atoms with Crippen molar-refractivity contribution in [1.29, 1.82) is 0 Å². The van der Waals surface area contributed by atoms with Gasteiger partial charge in [0.1, 0.15) is 5.75 Å². The number of benzene rings is 1. The molecule has 6 heteroatoms. The Bertz CT molecular complexity index is 1130. The van der Waals surface area contributed by atoms with Crippen molar-refractivity contribution >= 4 is 29.2 Å². The van der Waals surface area contributed by atoms with Gasteiger partial charge in [0.05, 0.1) is 31.1 Å². The second kappa shape index (κ2) is 8.92. The molecule has 4 atom stereocenters. The number of nitrogens with zero attached hydrogens (tertiary/aromatic N) is 1. The zero-order valence-electron chi connectivity index (χ0n) is 19.0. The van der Waals surface area contributed by atoms with Gasteiger partial charge in [-0.15, -0.1) is 11.3 Å². The van der Waals surface area contributed by atoms with Gasteiger partial charge in [0.15, 0.2) is 0 Å². The van der Waals surface area contributed by atoms with Crippen LogP contribution in [0.25, 0.3) is 6.08 Å². The van der Waals surface area contributed by atoms with Crippen molar-refractivity contribution in [2.45, 2.75) is 45.8 Å². The van der Waals surface area contributed by atoms with E-state index < -0.39 is 0 Å². The van der Waals surface area contributed by atoms with Gasteiger partial charge in [0.2, 0.25) is 11.8 Å². The summed E-state index contributed by atoms with van der Waals surface area (Å²) in [5.41, 5.74) is 4.67. The molecular weight excluding hydrogens is 434 g/mol. The van der Waals surface area contributed by atoms with Crippen LogP contribution >= 0.6 is 11.3 Å². The van der Waals surface area contributed by atoms with Crippen molar-refractivity contribution in [2.24, 2.45) is 17.8 Å². The quantitative estimate of drug-likeness (QED) is 0.474. The van der Waals surface area contributed by atoms with E-state index in [-0.39, 0.29) is 41.4 Å². The first-order valence-corrected chi connectivity index (χ1v) is 12.4. The number of likely N-dealkylation sites (tertiary alicyclic amines) is 1. The molecule has 0 spiro atoms. The third-order valence-corrected chi connectivity index (χ3v) is 8.08. The number of aromatic hydroxyl groups is 1. The Balaban J connectivity index is 1.29. The van der Waals surface area contributed by atoms with Crippen molar-refractivity contribution < 1.29 is 19.4 Å². The average Bonchev–Trinajstić information content (AvgIpc) is 3.49. The number of ether oxygens (including phenoxy) is 1. The molecule has 1 aliphatic carbocycles. The normalized spacial score (nSPS) is 27.3. The molecule has 3 aliphatic rings. The predicted octanol–water partition coefficient (Wildman–Crippen LogP) is 5.17. The number of thiophene rings is 1. The Hall–Kier alpha value is -2.70. The molecule has 5 rings (SSSR count). The fraction of sp³-hybridized carbons (Fsp3) is 0.407. The molecule has 172 valence electrons. The Labute approximate surface area is 198 Å². The summed E-state index contributed by atoms with van der Waals surface area (Å²) >= 11 is 1.58. The lowest BCUT2D eigenvalue weighted by atomic mass is 9.70. The van der Waals surface area contributed by atoms with Gasteiger partial charge in [-0.1, -0.05) is 35.4 Å². The van der Waals surface area contributed by atoms with Crippen LogP contribution in [-0.2, 0) is 20.9 Å². The van der Waals surface area contributed by atoms with Gasteiger partial charge in [0, 0.05) is 10.8 Å². The van der Waals surface area contributed by atoms with Gasteiger partial charge in [-0.05, 0) is 67.8 Å². The highest BCUT2D eigenvalue weighted by Gasteiger charge is 2.56. The van der Waals surface area contributed by atoms with Crippen LogP contribution in [0.2, 0.25) is 0 Å². The summed E-state index contributed by atoms with van der Waals surface area (Å²) in [6.07, 6.45) is 4.46. The summed E-state index contributed by atoms with van der Waals surface area (Å²) in [5.74, 6) is -0.317. The number of hydrogen-bond donors (Lipinski definition) is 1. The van der Waals surface area contributed by atoms with Crippen LogP contribution in [0, 0.1) is 17.8 Å². The summed E-state index contributed by atoms with van der Waals surface area (Å²) in [5, 5.41) is 11.7. The summed E-state index contributed by atoms with van der Waals surface area (Å²) < 4.78 is 6.22. The predicted molar refractivity (Wildman–Crippen MR) is 128 cm³/mol. The first-order valence-electron chi connectivity index (χ1n) is 11.6. The monoisotopic (exact) mass is 463 g/mol. The molecule has 0 bridgehead atoms. The number of carbonyl (C=O) groups excluding carboxylic acids is 2. The van der Waals surface area contributed by atoms with Crippen LogP contribution in [-0.4, -0.2) is 34.5 Å². The molecule has 2 fully saturated rings. The molecule has 0 unspecified atom stereocenters. The van der Waals surface area contributed by atoms with E-state index in [9.17, 15) is 14.7 Å². The molecule has 2 aromatic rings. The maximum absolute atomic E-state index is 13.3. The van der Waals surface area contributed by atoms with Gasteiger partial charge in [0.25, 0.3) is 0 Å². The third kappa shape index (κ3) is 4.18. The zero-order valence-corrected chi connectivity index (χ0v) is 19.8. The highest BCUT2D eigenvalue weighted by atomic mass is 32.1. The van der Waals surface area contributed by atoms with Crippen LogP contribution in [0.1, 0.15) is 43.6 Å². The Kier molecular flexibility index (Phi) is 5.97. The SMILES string of the molecule is CC1=C2[C@@H](CC/C(C)=C/c3cccc(O)c3)OC[C@@H]2[C@@H]2C(=O)N(Cc3cccs3)C(=O)[C@@H]2C1. The number of amides is 2. The minimum absolute atomic E-state index is 0.00211. The molecule has 1 aromatic carbocycles. The number of phenols is 1. The number of imide groups is 1. The standard InChI is InChI=1S/C27H29NO4S/c1-16(11-18-5-3-6-19(29)13-18)8-9-23-24-17(2)12-21-25(22(24)15-32-23)27(31)28(26(21)30)14-20-7-4-10-33-20/h3-7,10-11,13,21-23,25,29H,8-9,12,14-15H2,1-2H3/b16-11+/t21-,22+,23-,25-/m1/s1. The van der Waals surface area contributed by atoms with Gasteiger partial charge in [-0.25, -0.2) is 0 Å². The molecule has 1 N–H and O–H groups in total. The van der Waals surface area contributed by atoms with Gasteiger partial charge < -0.3 is 9.84 Å². The largest absolute Gasteiger partial charge is 0.508 e. The van der Waals surface area contributed by atoms with Crippen molar-refractivity contribution in [1.82, 2.24) is 4.90 Å². The number of rotatable bonds is 6. The third-order valence-electron chi connectivity index (χ3n) is 7.22. The lowest BCUT2D eigenvalue weighted by Crippen LogP contribution is -2.34. The Morgan fingerprint density at radius 1 is 1.21 bits per heavy atom. The Morgan fingerprint density at radius 3 is 2.82 bits per heavy atom. The molecule has 2 amide bonds. The maximum atomic E-state index is 13.3. The highest BCUT2D eigenvalue weighted by molar-refractivity contribution is 7.09. The number of carbonyl (C=O) groups is 2. The summed E-state index contributed by atoms with van der Waals surface area (Å²) in [4.78, 5) is 29.0. The van der Waals surface area contributed by atoms with E-state index in [1.807, 2.05) is 29.6 Å². The molecule has 0 radical (unpaired) electrons. The molecule has 5 nitrogen and oxygen atoms in total. The van der Waals surface area contributed by atoms with E-state index in [2.05, 4.69) is 19.9 Å². The smallest absolute Gasteiger partial charge is 0.234 e. The topological polar surface area (TPSA) is 66.8 Å². The molecular formula is C27H29NO4S. The van der Waals surface area contributed by atoms with Crippen LogP contribution in [0.15, 0.2) is 58.5 Å². The van der Waals surface area contributed by atoms with E-state index in [1.165, 1.54) is 21.6 Å². The first-order chi connectivity index (χ1) is 15.9. The summed E-state index contributed by atoms with van der Waals surface area (Å²) in [6.45, 7) is 5.10. The van der Waals surface area contributed by atoms with Crippen LogP contribution in [0.4, 0.5) is 0 Å². The number of allylic oxidation sites excluding steroid dienone is 2. The van der Waals surface area contributed by atoms with Crippen LogP contribution in [0.3, 0.4) is 0 Å². The molecule has 33 heavy (non-hydrogen) atoms. The van der Waals surface area contributed by atoms with E-state index in [4.69, 9.17) is 4.74 Å². The fourth-order valence-electron chi connectivity index (χ4n) is 5.74. The number of hydrogen-bond acceptors (Lipinski definition) is 5. The van der Waals surface area contributed by atoms with E-state index in [0.29, 0.717) is 19.6 Å². The lowest BCUT2D eigenvalue weighted by Gasteiger charge is -2.30. The number of fused-ring (bicyclic) bond motifs is 3. The van der Waals surface area contributed by atoms with Crippen molar-refractivity contribution in [3.63, 3.8) is 0 Å². The summed E-state index contributed by atoms with van der Waals surface area (Å²) in [6, 6.07) is 11.2. The minimum atomic E-state index is -0.287. The van der Waals surface area contributed by atoms with Crippen molar-refractivity contribution in [3.05, 3.63) is 68.9 Å². The van der Waals surface area contributed by atoms with E-state index >= 15 is 0 Å². The average molecular weight is 464 g/mol. The number of phenolic OH excluding ortho intramolecular Hbond substituents is 1. The van der Waals surface area contributed by atoms with Crippen molar-refractivity contribution in [3.8, 4) is 5.75 Å². The molecule has 0 saturated carbocycles. The lowest BCUT2D eigenvalue weighted by molar-refractivity contribution is -0.140. The first kappa shape index (κ1) is 22.1.